The summed E-state index contributed by atoms with van der Waals surface area (Å²) in [5.74, 6) is 2.24. The Balaban J connectivity index is 1.69. The molecule has 0 saturated carbocycles. The lowest BCUT2D eigenvalue weighted by Gasteiger charge is -2.43. The van der Waals surface area contributed by atoms with Crippen LogP contribution in [0.3, 0.4) is 0 Å². The van der Waals surface area contributed by atoms with E-state index in [2.05, 4.69) is 97.1 Å². The van der Waals surface area contributed by atoms with Gasteiger partial charge in [0.2, 0.25) is 0 Å². The minimum absolute atomic E-state index is 0.365. The van der Waals surface area contributed by atoms with Gasteiger partial charge in [0.05, 0.1) is 0 Å². The van der Waals surface area contributed by atoms with Crippen LogP contribution in [0.15, 0.2) is 58.6 Å². The first-order valence-corrected chi connectivity index (χ1v) is 10.8. The van der Waals surface area contributed by atoms with Crippen molar-refractivity contribution in [3.8, 4) is 5.75 Å². The van der Waals surface area contributed by atoms with E-state index in [1.807, 2.05) is 0 Å². The van der Waals surface area contributed by atoms with Gasteiger partial charge in [0.25, 0.3) is 0 Å². The molecule has 0 radical (unpaired) electrons. The summed E-state index contributed by atoms with van der Waals surface area (Å²) < 4.78 is 7.35. The predicted molar refractivity (Wildman–Crippen MR) is 118 cm³/mol. The fraction of sp³-hybridized carbons (Fsp3) is 0.500. The molecule has 0 amide bonds. The summed E-state index contributed by atoms with van der Waals surface area (Å²) in [6, 6.07) is 6.37. The second kappa shape index (κ2) is 8.79. The van der Waals surface area contributed by atoms with Gasteiger partial charge in [0, 0.05) is 23.1 Å². The average Bonchev–Trinajstić information content (AvgIpc) is 2.82. The van der Waals surface area contributed by atoms with Gasteiger partial charge in [-0.3, -0.25) is 4.90 Å². The molecule has 3 rings (SSSR count). The van der Waals surface area contributed by atoms with Crippen LogP contribution in [0.25, 0.3) is 0 Å². The van der Waals surface area contributed by atoms with Gasteiger partial charge in [0.15, 0.2) is 0 Å². The molecule has 146 valence electrons. The molecule has 2 atom stereocenters. The van der Waals surface area contributed by atoms with Gasteiger partial charge in [-0.1, -0.05) is 74.0 Å². The third-order valence-electron chi connectivity index (χ3n) is 5.99. The Kier molecular flexibility index (Phi) is 6.65. The minimum Gasteiger partial charge on any atom is -0.489 e. The highest BCUT2D eigenvalue weighted by Crippen LogP contribution is 2.36. The molecule has 0 N–H and O–H groups in total. The molecule has 0 bridgehead atoms. The second-order valence-electron chi connectivity index (χ2n) is 8.77. The number of likely N-dealkylation sites (tertiary alicyclic amines) is 1. The Hall–Kier alpha value is -1.32. The number of rotatable bonds is 5. The molecule has 0 spiro atoms. The van der Waals surface area contributed by atoms with E-state index in [1.54, 1.807) is 0 Å². The van der Waals surface area contributed by atoms with Crippen molar-refractivity contribution in [3.05, 3.63) is 64.2 Å². The maximum atomic E-state index is 6.24. The third kappa shape index (κ3) is 5.58. The van der Waals surface area contributed by atoms with E-state index in [0.717, 1.165) is 35.8 Å². The SMILES string of the molecule is CC1C=CC=C(COc2ccc(Br)cc2CN2CCC(C)C(C)(C)C2)C=C1. The molecule has 27 heavy (non-hydrogen) atoms. The molecule has 1 aliphatic heterocycles. The van der Waals surface area contributed by atoms with Crippen LogP contribution in [0, 0.1) is 17.3 Å². The summed E-state index contributed by atoms with van der Waals surface area (Å²) in [5.41, 5.74) is 2.83. The molecule has 1 heterocycles. The number of halogens is 1. The van der Waals surface area contributed by atoms with Crippen molar-refractivity contribution in [2.24, 2.45) is 17.3 Å². The topological polar surface area (TPSA) is 12.5 Å². The van der Waals surface area contributed by atoms with Crippen LogP contribution < -0.4 is 4.74 Å². The number of hydrogen-bond donors (Lipinski definition) is 0. The van der Waals surface area contributed by atoms with Crippen molar-refractivity contribution in [2.45, 2.75) is 40.7 Å². The van der Waals surface area contributed by atoms with E-state index in [1.165, 1.54) is 17.6 Å². The highest BCUT2D eigenvalue weighted by molar-refractivity contribution is 9.10. The molecular weight excluding hydrogens is 398 g/mol. The summed E-state index contributed by atoms with van der Waals surface area (Å²) >= 11 is 3.63. The Bertz CT molecular complexity index is 747. The van der Waals surface area contributed by atoms with Gasteiger partial charge in [-0.2, -0.15) is 0 Å². The number of hydrogen-bond acceptors (Lipinski definition) is 2. The molecule has 1 saturated heterocycles. The van der Waals surface area contributed by atoms with E-state index in [0.29, 0.717) is 17.9 Å². The molecular formula is C24H32BrNO. The smallest absolute Gasteiger partial charge is 0.124 e. The number of allylic oxidation sites excluding steroid dienone is 4. The number of ether oxygens (including phenoxy) is 1. The number of benzene rings is 1. The zero-order chi connectivity index (χ0) is 19.4. The predicted octanol–water partition coefficient (Wildman–Crippen LogP) is 6.38. The van der Waals surface area contributed by atoms with Crippen LogP contribution in [0.5, 0.6) is 5.75 Å². The third-order valence-corrected chi connectivity index (χ3v) is 6.49. The van der Waals surface area contributed by atoms with Crippen LogP contribution in [0.4, 0.5) is 0 Å². The van der Waals surface area contributed by atoms with Crippen LogP contribution >= 0.6 is 15.9 Å². The molecule has 1 aromatic carbocycles. The molecule has 2 unspecified atom stereocenters. The first-order chi connectivity index (χ1) is 12.8. The van der Waals surface area contributed by atoms with Gasteiger partial charge in [-0.15, -0.1) is 0 Å². The zero-order valence-electron chi connectivity index (χ0n) is 17.0. The Morgan fingerprint density at radius 1 is 1.22 bits per heavy atom. The van der Waals surface area contributed by atoms with Crippen LogP contribution in [0.2, 0.25) is 0 Å². The molecule has 1 fully saturated rings. The Morgan fingerprint density at radius 3 is 2.81 bits per heavy atom. The summed E-state index contributed by atoms with van der Waals surface area (Å²) in [5, 5.41) is 0. The quantitative estimate of drug-likeness (QED) is 0.537. The molecule has 1 aliphatic carbocycles. The number of nitrogens with zero attached hydrogens (tertiary/aromatic N) is 1. The maximum Gasteiger partial charge on any atom is 0.124 e. The van der Waals surface area contributed by atoms with Gasteiger partial charge >= 0.3 is 0 Å². The van der Waals surface area contributed by atoms with E-state index >= 15 is 0 Å². The zero-order valence-corrected chi connectivity index (χ0v) is 18.6. The molecule has 0 aromatic heterocycles. The van der Waals surface area contributed by atoms with E-state index in [-0.39, 0.29) is 0 Å². The summed E-state index contributed by atoms with van der Waals surface area (Å²) in [7, 11) is 0. The fourth-order valence-electron chi connectivity index (χ4n) is 3.77. The second-order valence-corrected chi connectivity index (χ2v) is 9.69. The van der Waals surface area contributed by atoms with Crippen molar-refractivity contribution >= 4 is 15.9 Å². The monoisotopic (exact) mass is 429 g/mol. The average molecular weight is 430 g/mol. The lowest BCUT2D eigenvalue weighted by atomic mass is 9.75. The van der Waals surface area contributed by atoms with Crippen LogP contribution in [-0.4, -0.2) is 24.6 Å². The normalized spacial score (nSPS) is 25.1. The van der Waals surface area contributed by atoms with E-state index < -0.39 is 0 Å². The first-order valence-electron chi connectivity index (χ1n) is 10.0. The van der Waals surface area contributed by atoms with E-state index in [4.69, 9.17) is 4.74 Å². The standard InChI is InChI=1S/C24H32BrNO/c1-18-6-5-7-20(9-8-18)16-27-23-11-10-22(25)14-21(23)15-26-13-12-19(2)24(3,4)17-26/h5-11,14,18-19H,12-13,15-17H2,1-4H3. The van der Waals surface area contributed by atoms with Gasteiger partial charge in [-0.25, -0.2) is 0 Å². The van der Waals surface area contributed by atoms with Gasteiger partial charge in [-0.05, 0) is 54.0 Å². The van der Waals surface area contributed by atoms with Gasteiger partial charge in [0.1, 0.15) is 12.4 Å². The van der Waals surface area contributed by atoms with Crippen molar-refractivity contribution in [1.29, 1.82) is 0 Å². The molecule has 3 heteroatoms. The molecule has 1 aromatic rings. The van der Waals surface area contributed by atoms with Crippen LogP contribution in [-0.2, 0) is 6.54 Å². The minimum atomic E-state index is 0.365. The first kappa shape index (κ1) is 20.4. The molecule has 2 nitrogen and oxygen atoms in total. The van der Waals surface area contributed by atoms with Gasteiger partial charge < -0.3 is 4.74 Å². The van der Waals surface area contributed by atoms with Crippen molar-refractivity contribution in [2.75, 3.05) is 19.7 Å². The Morgan fingerprint density at radius 2 is 2.04 bits per heavy atom. The van der Waals surface area contributed by atoms with Crippen molar-refractivity contribution < 1.29 is 4.74 Å². The maximum absolute atomic E-state index is 6.24. The lowest BCUT2D eigenvalue weighted by molar-refractivity contribution is 0.0593. The fourth-order valence-corrected chi connectivity index (χ4v) is 4.18. The highest BCUT2D eigenvalue weighted by Gasteiger charge is 2.32. The van der Waals surface area contributed by atoms with Crippen molar-refractivity contribution in [3.63, 3.8) is 0 Å². The molecule has 2 aliphatic rings. The van der Waals surface area contributed by atoms with E-state index in [9.17, 15) is 0 Å². The van der Waals surface area contributed by atoms with Crippen LogP contribution in [0.1, 0.15) is 39.7 Å². The summed E-state index contributed by atoms with van der Waals surface area (Å²) in [6.45, 7) is 13.2. The Labute approximate surface area is 173 Å². The lowest BCUT2D eigenvalue weighted by Crippen LogP contribution is -2.44. The van der Waals surface area contributed by atoms with Crippen molar-refractivity contribution in [1.82, 2.24) is 4.90 Å². The largest absolute Gasteiger partial charge is 0.489 e. The summed E-state index contributed by atoms with van der Waals surface area (Å²) in [6.07, 6.45) is 12.1. The number of piperidine rings is 1. The summed E-state index contributed by atoms with van der Waals surface area (Å²) in [4.78, 5) is 2.57. The highest BCUT2D eigenvalue weighted by atomic mass is 79.9.